The van der Waals surface area contributed by atoms with Crippen LogP contribution < -0.4 is 5.32 Å². The average molecular weight is 198 g/mol. The highest BCUT2D eigenvalue weighted by Gasteiger charge is 2.00. The molecule has 0 atom stereocenters. The molecule has 1 aromatic rings. The third kappa shape index (κ3) is 3.87. The largest absolute Gasteiger partial charge is 0.314 e. The molecule has 13 heavy (non-hydrogen) atoms. The van der Waals surface area contributed by atoms with Crippen molar-refractivity contribution in [2.45, 2.75) is 39.7 Å². The van der Waals surface area contributed by atoms with Gasteiger partial charge < -0.3 is 5.32 Å². The highest BCUT2D eigenvalue weighted by atomic mass is 32.1. The Morgan fingerprint density at radius 1 is 1.54 bits per heavy atom. The lowest BCUT2D eigenvalue weighted by Crippen LogP contribution is -2.24. The summed E-state index contributed by atoms with van der Waals surface area (Å²) in [5.74, 6) is 0. The molecular weight excluding hydrogens is 180 g/mol. The maximum Gasteiger partial charge on any atom is 0.0940 e. The maximum atomic E-state index is 4.36. The monoisotopic (exact) mass is 198 g/mol. The molecule has 3 heteroatoms. The first kappa shape index (κ1) is 10.7. The van der Waals surface area contributed by atoms with Crippen LogP contribution in [0.25, 0.3) is 0 Å². The van der Waals surface area contributed by atoms with Gasteiger partial charge in [-0.2, -0.15) is 0 Å². The van der Waals surface area contributed by atoms with Gasteiger partial charge in [-0.15, -0.1) is 11.3 Å². The van der Waals surface area contributed by atoms with E-state index < -0.39 is 0 Å². The van der Waals surface area contributed by atoms with Crippen LogP contribution in [-0.4, -0.2) is 17.6 Å². The molecule has 0 unspecified atom stereocenters. The fourth-order valence-electron chi connectivity index (χ4n) is 1.09. The molecule has 2 nitrogen and oxygen atoms in total. The molecule has 1 aromatic heterocycles. The second-order valence-electron chi connectivity index (χ2n) is 3.43. The van der Waals surface area contributed by atoms with Crippen LogP contribution in [0.2, 0.25) is 0 Å². The van der Waals surface area contributed by atoms with E-state index in [0.717, 1.165) is 19.4 Å². The molecular formula is C10H18N2S. The standard InChI is InChI=1S/C10H18N2S/c1-4-9-7-12-10(13-9)5-6-11-8(2)3/h7-8,11H,4-6H2,1-3H3. The van der Waals surface area contributed by atoms with Crippen LogP contribution in [0.15, 0.2) is 6.20 Å². The smallest absolute Gasteiger partial charge is 0.0940 e. The van der Waals surface area contributed by atoms with Crippen molar-refractivity contribution < 1.29 is 0 Å². The maximum absolute atomic E-state index is 4.36. The van der Waals surface area contributed by atoms with E-state index in [4.69, 9.17) is 0 Å². The van der Waals surface area contributed by atoms with Crippen LogP contribution in [0.4, 0.5) is 0 Å². The van der Waals surface area contributed by atoms with Crippen LogP contribution >= 0.6 is 11.3 Å². The van der Waals surface area contributed by atoms with Gasteiger partial charge in [-0.05, 0) is 6.42 Å². The topological polar surface area (TPSA) is 24.9 Å². The van der Waals surface area contributed by atoms with Gasteiger partial charge in [-0.3, -0.25) is 0 Å². The van der Waals surface area contributed by atoms with Crippen molar-refractivity contribution in [1.82, 2.24) is 10.3 Å². The lowest BCUT2D eigenvalue weighted by atomic mass is 10.3. The molecule has 0 amide bonds. The molecule has 0 saturated carbocycles. The van der Waals surface area contributed by atoms with Gasteiger partial charge in [0.05, 0.1) is 5.01 Å². The summed E-state index contributed by atoms with van der Waals surface area (Å²) in [6.07, 6.45) is 4.16. The summed E-state index contributed by atoms with van der Waals surface area (Å²) in [5, 5.41) is 4.64. The minimum atomic E-state index is 0.575. The molecule has 0 aromatic carbocycles. The summed E-state index contributed by atoms with van der Waals surface area (Å²) in [5.41, 5.74) is 0. The van der Waals surface area contributed by atoms with Crippen molar-refractivity contribution in [1.29, 1.82) is 0 Å². The van der Waals surface area contributed by atoms with Crippen LogP contribution in [0, 0.1) is 0 Å². The lowest BCUT2D eigenvalue weighted by molar-refractivity contribution is 0.590. The third-order valence-electron chi connectivity index (χ3n) is 1.84. The second kappa shape index (κ2) is 5.35. The zero-order chi connectivity index (χ0) is 9.68. The Morgan fingerprint density at radius 2 is 2.31 bits per heavy atom. The highest BCUT2D eigenvalue weighted by Crippen LogP contribution is 2.13. The molecule has 0 bridgehead atoms. The summed E-state index contributed by atoms with van der Waals surface area (Å²) in [6, 6.07) is 0.575. The highest BCUT2D eigenvalue weighted by molar-refractivity contribution is 7.11. The molecule has 0 aliphatic heterocycles. The summed E-state index contributed by atoms with van der Waals surface area (Å²) in [4.78, 5) is 5.75. The van der Waals surface area contributed by atoms with E-state index >= 15 is 0 Å². The fourth-order valence-corrected chi connectivity index (χ4v) is 1.96. The van der Waals surface area contributed by atoms with E-state index in [1.807, 2.05) is 17.5 Å². The van der Waals surface area contributed by atoms with Crippen molar-refractivity contribution in [3.63, 3.8) is 0 Å². The number of nitrogens with zero attached hydrogens (tertiary/aromatic N) is 1. The van der Waals surface area contributed by atoms with Gasteiger partial charge in [-0.1, -0.05) is 20.8 Å². The van der Waals surface area contributed by atoms with Crippen LogP contribution in [-0.2, 0) is 12.8 Å². The van der Waals surface area contributed by atoms with Crippen molar-refractivity contribution in [3.8, 4) is 0 Å². The van der Waals surface area contributed by atoms with Crippen LogP contribution in [0.1, 0.15) is 30.7 Å². The summed E-state index contributed by atoms with van der Waals surface area (Å²) in [7, 11) is 0. The Kier molecular flexibility index (Phi) is 4.39. The van der Waals surface area contributed by atoms with Crippen molar-refractivity contribution in [2.24, 2.45) is 0 Å². The SMILES string of the molecule is CCc1cnc(CCNC(C)C)s1. The molecule has 0 aliphatic carbocycles. The quantitative estimate of drug-likeness (QED) is 0.785. The Bertz CT molecular complexity index is 243. The van der Waals surface area contributed by atoms with Gasteiger partial charge in [0, 0.05) is 30.1 Å². The summed E-state index contributed by atoms with van der Waals surface area (Å²) >= 11 is 1.83. The number of hydrogen-bond donors (Lipinski definition) is 1. The zero-order valence-electron chi connectivity index (χ0n) is 8.63. The third-order valence-corrected chi connectivity index (χ3v) is 3.04. The second-order valence-corrected chi connectivity index (χ2v) is 4.63. The van der Waals surface area contributed by atoms with Crippen molar-refractivity contribution in [3.05, 3.63) is 16.1 Å². The first-order valence-corrected chi connectivity index (χ1v) is 5.71. The van der Waals surface area contributed by atoms with E-state index in [2.05, 4.69) is 31.1 Å². The molecule has 0 radical (unpaired) electrons. The number of nitrogens with one attached hydrogen (secondary N) is 1. The molecule has 1 rings (SSSR count). The van der Waals surface area contributed by atoms with Gasteiger partial charge in [0.15, 0.2) is 0 Å². The number of rotatable bonds is 5. The fraction of sp³-hybridized carbons (Fsp3) is 0.700. The van der Waals surface area contributed by atoms with Crippen molar-refractivity contribution >= 4 is 11.3 Å². The number of thiazole rings is 1. The molecule has 1 heterocycles. The van der Waals surface area contributed by atoms with Gasteiger partial charge in [0.2, 0.25) is 0 Å². The van der Waals surface area contributed by atoms with E-state index in [-0.39, 0.29) is 0 Å². The van der Waals surface area contributed by atoms with Gasteiger partial charge in [-0.25, -0.2) is 4.98 Å². The van der Waals surface area contributed by atoms with Crippen molar-refractivity contribution in [2.75, 3.05) is 6.54 Å². The number of hydrogen-bond acceptors (Lipinski definition) is 3. The molecule has 0 spiro atoms. The number of aryl methyl sites for hydroxylation is 1. The van der Waals surface area contributed by atoms with Gasteiger partial charge >= 0.3 is 0 Å². The molecule has 74 valence electrons. The van der Waals surface area contributed by atoms with E-state index in [0.29, 0.717) is 6.04 Å². The molecule has 0 aliphatic rings. The predicted octanol–water partition coefficient (Wildman–Crippen LogP) is 2.25. The Hall–Kier alpha value is -0.410. The first-order valence-electron chi connectivity index (χ1n) is 4.89. The predicted molar refractivity (Wildman–Crippen MR) is 58.3 cm³/mol. The Labute approximate surface area is 84.4 Å². The minimum Gasteiger partial charge on any atom is -0.314 e. The Balaban J connectivity index is 2.28. The summed E-state index contributed by atoms with van der Waals surface area (Å²) in [6.45, 7) is 7.54. The molecule has 0 fully saturated rings. The molecule has 0 saturated heterocycles. The van der Waals surface area contributed by atoms with Gasteiger partial charge in [0.1, 0.15) is 0 Å². The number of aromatic nitrogens is 1. The lowest BCUT2D eigenvalue weighted by Gasteiger charge is -2.05. The first-order chi connectivity index (χ1) is 6.22. The minimum absolute atomic E-state index is 0.575. The zero-order valence-corrected chi connectivity index (χ0v) is 9.45. The average Bonchev–Trinajstić information content (AvgIpc) is 2.52. The van der Waals surface area contributed by atoms with Gasteiger partial charge in [0.25, 0.3) is 0 Å². The summed E-state index contributed by atoms with van der Waals surface area (Å²) < 4.78 is 0. The Morgan fingerprint density at radius 3 is 2.85 bits per heavy atom. The van der Waals surface area contributed by atoms with E-state index in [9.17, 15) is 0 Å². The van der Waals surface area contributed by atoms with E-state index in [1.54, 1.807) is 0 Å². The van der Waals surface area contributed by atoms with Crippen LogP contribution in [0.3, 0.4) is 0 Å². The molecule has 1 N–H and O–H groups in total. The van der Waals surface area contributed by atoms with E-state index in [1.165, 1.54) is 9.88 Å². The normalized spacial score (nSPS) is 11.1. The van der Waals surface area contributed by atoms with Crippen LogP contribution in [0.5, 0.6) is 0 Å².